The van der Waals surface area contributed by atoms with Gasteiger partial charge in [-0.2, -0.15) is 0 Å². The van der Waals surface area contributed by atoms with Crippen LogP contribution in [0.25, 0.3) is 22.1 Å². The Morgan fingerprint density at radius 3 is 2.55 bits per heavy atom. The minimum atomic E-state index is -0.0813. The number of aryl methyl sites for hydroxylation is 1. The largest absolute Gasteiger partial charge is 0.339 e. The highest BCUT2D eigenvalue weighted by Crippen LogP contribution is 2.29. The predicted molar refractivity (Wildman–Crippen MR) is 177 cm³/mol. The molecule has 2 aromatic heterocycles. The number of aromatic nitrogens is 4. The Morgan fingerprint density at radius 1 is 0.977 bits per heavy atom. The minimum absolute atomic E-state index is 0.0594. The third-order valence-electron chi connectivity index (χ3n) is 7.91. The molecule has 5 aromatic rings. The second-order valence-electron chi connectivity index (χ2n) is 11.2. The molecule has 226 valence electrons. The van der Waals surface area contributed by atoms with Gasteiger partial charge in [-0.1, -0.05) is 64.8 Å². The van der Waals surface area contributed by atoms with Gasteiger partial charge in [0.25, 0.3) is 5.91 Å². The first kappa shape index (κ1) is 30.4. The molecule has 0 bridgehead atoms. The third kappa shape index (κ3) is 6.55. The van der Waals surface area contributed by atoms with Crippen LogP contribution in [0.1, 0.15) is 41.3 Å². The molecule has 0 radical (unpaired) electrons. The third-order valence-corrected chi connectivity index (χ3v) is 9.31. The molecule has 1 aliphatic rings. The van der Waals surface area contributed by atoms with Gasteiger partial charge < -0.3 is 14.4 Å². The molecule has 1 saturated heterocycles. The van der Waals surface area contributed by atoms with E-state index in [1.165, 1.54) is 11.8 Å². The molecule has 1 atom stereocenters. The first-order chi connectivity index (χ1) is 21.3. The van der Waals surface area contributed by atoms with E-state index in [0.29, 0.717) is 65.5 Å². The average molecular weight is 648 g/mol. The zero-order valence-electron chi connectivity index (χ0n) is 24.5. The van der Waals surface area contributed by atoms with Crippen LogP contribution in [0.15, 0.2) is 71.9 Å². The Hall–Kier alpha value is -3.66. The number of amides is 2. The number of fused-ring (bicyclic) bond motifs is 3. The van der Waals surface area contributed by atoms with Gasteiger partial charge in [-0.05, 0) is 68.3 Å². The molecule has 0 spiro atoms. The van der Waals surface area contributed by atoms with Crippen molar-refractivity contribution in [1.82, 2.24) is 29.5 Å². The topological polar surface area (TPSA) is 84.2 Å². The summed E-state index contributed by atoms with van der Waals surface area (Å²) in [4.78, 5) is 34.6. The zero-order valence-corrected chi connectivity index (χ0v) is 26.9. The number of halogens is 2. The number of thioether (sulfide) groups is 1. The van der Waals surface area contributed by atoms with Crippen LogP contribution in [0.5, 0.6) is 0 Å². The van der Waals surface area contributed by atoms with Gasteiger partial charge in [0.15, 0.2) is 5.65 Å². The molecular weight excluding hydrogens is 615 g/mol. The van der Waals surface area contributed by atoms with E-state index in [1.807, 2.05) is 34.9 Å². The summed E-state index contributed by atoms with van der Waals surface area (Å²) in [5.41, 5.74) is 5.38. The summed E-state index contributed by atoms with van der Waals surface area (Å²) in [6.45, 7) is 6.17. The van der Waals surface area contributed by atoms with E-state index >= 15 is 0 Å². The molecule has 8 nitrogen and oxygen atoms in total. The van der Waals surface area contributed by atoms with Crippen molar-refractivity contribution in [3.8, 4) is 0 Å². The molecule has 44 heavy (non-hydrogen) atoms. The molecular formula is C33H32Cl2N6O2S. The van der Waals surface area contributed by atoms with Crippen molar-refractivity contribution in [1.29, 1.82) is 0 Å². The van der Waals surface area contributed by atoms with Crippen molar-refractivity contribution < 1.29 is 9.59 Å². The second kappa shape index (κ2) is 13.1. The Morgan fingerprint density at radius 2 is 1.77 bits per heavy atom. The lowest BCUT2D eigenvalue weighted by atomic mass is 10.1. The SMILES string of the molecule is Cc1ccc2c(c1)c1nnc(SCCCC(=O)N3CCN(C(=O)c4cccc(Cl)c4)C(C)C3)nc1n2Cc1cccc(Cl)c1. The van der Waals surface area contributed by atoms with Gasteiger partial charge in [-0.15, -0.1) is 10.2 Å². The van der Waals surface area contributed by atoms with Gasteiger partial charge in [-0.3, -0.25) is 9.59 Å². The van der Waals surface area contributed by atoms with Crippen molar-refractivity contribution in [3.05, 3.63) is 93.5 Å². The van der Waals surface area contributed by atoms with Crippen LogP contribution in [-0.2, 0) is 11.3 Å². The minimum Gasteiger partial charge on any atom is -0.339 e. The molecule has 11 heteroatoms. The number of hydrogen-bond acceptors (Lipinski definition) is 6. The second-order valence-corrected chi connectivity index (χ2v) is 13.1. The maximum absolute atomic E-state index is 13.0. The average Bonchev–Trinajstić information content (AvgIpc) is 3.30. The monoisotopic (exact) mass is 646 g/mol. The number of nitrogens with zero attached hydrogens (tertiary/aromatic N) is 6. The fourth-order valence-electron chi connectivity index (χ4n) is 5.71. The first-order valence-electron chi connectivity index (χ1n) is 14.6. The van der Waals surface area contributed by atoms with Gasteiger partial charge in [-0.25, -0.2) is 4.98 Å². The molecule has 1 aliphatic heterocycles. The molecule has 0 N–H and O–H groups in total. The van der Waals surface area contributed by atoms with E-state index in [0.717, 1.165) is 33.2 Å². The van der Waals surface area contributed by atoms with Crippen molar-refractivity contribution >= 4 is 68.8 Å². The first-order valence-corrected chi connectivity index (χ1v) is 16.4. The fourth-order valence-corrected chi connectivity index (χ4v) is 6.84. The van der Waals surface area contributed by atoms with E-state index in [9.17, 15) is 9.59 Å². The van der Waals surface area contributed by atoms with Gasteiger partial charge >= 0.3 is 0 Å². The van der Waals surface area contributed by atoms with Gasteiger partial charge in [0.05, 0.1) is 5.52 Å². The van der Waals surface area contributed by atoms with Crippen LogP contribution in [-0.4, -0.2) is 72.8 Å². The van der Waals surface area contributed by atoms with E-state index in [2.05, 4.69) is 46.0 Å². The summed E-state index contributed by atoms with van der Waals surface area (Å²) < 4.78 is 2.16. The standard InChI is InChI=1S/C33H32Cl2N6O2S/c1-21-11-12-28-27(16-21)30-31(41(28)20-23-6-3-8-25(34)17-23)36-33(38-37-30)44-15-5-10-29(42)39-13-14-40(22(2)19-39)32(43)24-7-4-9-26(35)18-24/h3-4,6-9,11-12,16-18,22H,5,10,13-15,19-20H2,1-2H3. The molecule has 2 amide bonds. The lowest BCUT2D eigenvalue weighted by molar-refractivity contribution is -0.133. The molecule has 0 saturated carbocycles. The fraction of sp³-hybridized carbons (Fsp3) is 0.303. The number of rotatable bonds is 8. The van der Waals surface area contributed by atoms with E-state index in [1.54, 1.807) is 24.3 Å². The highest BCUT2D eigenvalue weighted by molar-refractivity contribution is 7.99. The molecule has 3 heterocycles. The number of benzene rings is 3. The number of piperazine rings is 1. The zero-order chi connectivity index (χ0) is 30.8. The van der Waals surface area contributed by atoms with E-state index in [4.69, 9.17) is 28.2 Å². The Kier molecular flexibility index (Phi) is 9.07. The number of carbonyl (C=O) groups excluding carboxylic acids is 2. The Labute approximate surface area is 270 Å². The summed E-state index contributed by atoms with van der Waals surface area (Å²) in [5, 5.41) is 11.8. The van der Waals surface area contributed by atoms with Crippen LogP contribution >= 0.6 is 35.0 Å². The molecule has 6 rings (SSSR count). The van der Waals surface area contributed by atoms with Crippen LogP contribution < -0.4 is 0 Å². The lowest BCUT2D eigenvalue weighted by Gasteiger charge is -2.40. The molecule has 0 aliphatic carbocycles. The van der Waals surface area contributed by atoms with Crippen LogP contribution in [0.2, 0.25) is 10.0 Å². The summed E-state index contributed by atoms with van der Waals surface area (Å²) in [6, 6.07) is 21.0. The number of hydrogen-bond donors (Lipinski definition) is 0. The summed E-state index contributed by atoms with van der Waals surface area (Å²) >= 11 is 13.8. The molecule has 3 aromatic carbocycles. The van der Waals surface area contributed by atoms with Gasteiger partial charge in [0.1, 0.15) is 5.52 Å². The van der Waals surface area contributed by atoms with Crippen LogP contribution in [0.4, 0.5) is 0 Å². The van der Waals surface area contributed by atoms with Crippen molar-refractivity contribution in [2.24, 2.45) is 0 Å². The van der Waals surface area contributed by atoms with Crippen molar-refractivity contribution in [3.63, 3.8) is 0 Å². The maximum Gasteiger partial charge on any atom is 0.254 e. The predicted octanol–water partition coefficient (Wildman–Crippen LogP) is 6.89. The van der Waals surface area contributed by atoms with Crippen LogP contribution in [0.3, 0.4) is 0 Å². The maximum atomic E-state index is 13.0. The Bertz CT molecular complexity index is 1860. The highest BCUT2D eigenvalue weighted by atomic mass is 35.5. The summed E-state index contributed by atoms with van der Waals surface area (Å²) in [7, 11) is 0. The lowest BCUT2D eigenvalue weighted by Crippen LogP contribution is -2.55. The summed E-state index contributed by atoms with van der Waals surface area (Å²) in [6.07, 6.45) is 1.11. The van der Waals surface area contributed by atoms with Crippen LogP contribution in [0, 0.1) is 6.92 Å². The normalized spacial score (nSPS) is 15.3. The quantitative estimate of drug-likeness (QED) is 0.135. The van der Waals surface area contributed by atoms with Gasteiger partial charge in [0.2, 0.25) is 11.1 Å². The summed E-state index contributed by atoms with van der Waals surface area (Å²) in [5.74, 6) is 0.727. The van der Waals surface area contributed by atoms with Gasteiger partial charge in [0, 0.05) is 65.4 Å². The van der Waals surface area contributed by atoms with E-state index < -0.39 is 0 Å². The smallest absolute Gasteiger partial charge is 0.254 e. The Balaban J connectivity index is 1.08. The highest BCUT2D eigenvalue weighted by Gasteiger charge is 2.30. The molecule has 1 unspecified atom stereocenters. The molecule has 1 fully saturated rings. The van der Waals surface area contributed by atoms with Crippen molar-refractivity contribution in [2.75, 3.05) is 25.4 Å². The van der Waals surface area contributed by atoms with Crippen molar-refractivity contribution in [2.45, 2.75) is 44.4 Å². The number of carbonyl (C=O) groups is 2. The van der Waals surface area contributed by atoms with E-state index in [-0.39, 0.29) is 17.9 Å².